The summed E-state index contributed by atoms with van der Waals surface area (Å²) < 4.78 is 0. The van der Waals surface area contributed by atoms with Crippen LogP contribution in [0.5, 0.6) is 0 Å². The molecule has 0 aromatic heterocycles. The highest BCUT2D eigenvalue weighted by Gasteiger charge is 1.84. The molecule has 0 aliphatic rings. The molecular formula is C14H18N2. The van der Waals surface area contributed by atoms with Crippen molar-refractivity contribution in [3.8, 4) is 0 Å². The molecule has 2 aromatic carbocycles. The fourth-order valence-corrected chi connectivity index (χ4v) is 1.19. The zero-order chi connectivity index (χ0) is 11.8. The molecule has 3 N–H and O–H groups in total. The van der Waals surface area contributed by atoms with Crippen LogP contribution in [0.1, 0.15) is 5.56 Å². The van der Waals surface area contributed by atoms with E-state index in [0.717, 1.165) is 16.9 Å². The number of nitrogen functional groups attached to an aromatic ring is 1. The number of nitrogens with two attached hydrogens (primary N) is 1. The largest absolute Gasteiger partial charge is 0.399 e. The molecule has 2 heteroatoms. The van der Waals surface area contributed by atoms with Crippen molar-refractivity contribution in [3.05, 3.63) is 60.2 Å². The molecule has 0 saturated carbocycles. The van der Waals surface area contributed by atoms with Gasteiger partial charge in [0.1, 0.15) is 0 Å². The fourth-order valence-electron chi connectivity index (χ4n) is 1.19. The van der Waals surface area contributed by atoms with Crippen LogP contribution in [0.3, 0.4) is 0 Å². The van der Waals surface area contributed by atoms with E-state index in [2.05, 4.69) is 5.32 Å². The van der Waals surface area contributed by atoms with Crippen LogP contribution in [0, 0.1) is 6.92 Å². The van der Waals surface area contributed by atoms with Crippen LogP contribution in [0.2, 0.25) is 0 Å². The Morgan fingerprint density at radius 2 is 1.44 bits per heavy atom. The summed E-state index contributed by atoms with van der Waals surface area (Å²) in [5.74, 6) is 0. The van der Waals surface area contributed by atoms with Gasteiger partial charge in [0.2, 0.25) is 0 Å². The van der Waals surface area contributed by atoms with E-state index in [4.69, 9.17) is 5.73 Å². The third kappa shape index (κ3) is 4.05. The molecule has 2 nitrogen and oxygen atoms in total. The molecule has 0 heterocycles. The second-order valence-corrected chi connectivity index (χ2v) is 3.47. The molecule has 2 aromatic rings. The van der Waals surface area contributed by atoms with Gasteiger partial charge in [-0.25, -0.2) is 0 Å². The lowest BCUT2D eigenvalue weighted by Crippen LogP contribution is -1.85. The molecule has 0 aliphatic heterocycles. The predicted octanol–water partition coefficient (Wildman–Crippen LogP) is 3.31. The zero-order valence-corrected chi connectivity index (χ0v) is 9.77. The quantitative estimate of drug-likeness (QED) is 0.715. The van der Waals surface area contributed by atoms with E-state index in [0.29, 0.717) is 0 Å². The summed E-state index contributed by atoms with van der Waals surface area (Å²) in [6.07, 6.45) is 0. The minimum atomic E-state index is 0.868. The van der Waals surface area contributed by atoms with Crippen molar-refractivity contribution >= 4 is 11.4 Å². The molecule has 0 amide bonds. The number of aryl methyl sites for hydroxylation is 1. The monoisotopic (exact) mass is 214 g/mol. The van der Waals surface area contributed by atoms with Crippen molar-refractivity contribution in [1.82, 2.24) is 0 Å². The maximum Gasteiger partial charge on any atom is 0.0343 e. The molecule has 0 bridgehead atoms. The molecule has 0 saturated heterocycles. The van der Waals surface area contributed by atoms with Crippen LogP contribution in [-0.4, -0.2) is 7.05 Å². The molecule has 16 heavy (non-hydrogen) atoms. The number of rotatable bonds is 1. The SMILES string of the molecule is CNc1ccccc1.Cc1ccccc1N. The average Bonchev–Trinajstić information content (AvgIpc) is 2.35. The highest BCUT2D eigenvalue weighted by atomic mass is 14.8. The topological polar surface area (TPSA) is 38.0 Å². The van der Waals surface area contributed by atoms with E-state index in [-0.39, 0.29) is 0 Å². The molecule has 0 spiro atoms. The third-order valence-electron chi connectivity index (χ3n) is 2.25. The Morgan fingerprint density at radius 3 is 1.81 bits per heavy atom. The predicted molar refractivity (Wildman–Crippen MR) is 71.6 cm³/mol. The molecule has 0 unspecified atom stereocenters. The first-order chi connectivity index (χ1) is 7.74. The van der Waals surface area contributed by atoms with Gasteiger partial charge in [-0.1, -0.05) is 36.4 Å². The fraction of sp³-hybridized carbons (Fsp3) is 0.143. The van der Waals surface area contributed by atoms with Crippen molar-refractivity contribution in [1.29, 1.82) is 0 Å². The lowest BCUT2D eigenvalue weighted by atomic mass is 10.2. The van der Waals surface area contributed by atoms with Gasteiger partial charge in [-0.05, 0) is 30.7 Å². The smallest absolute Gasteiger partial charge is 0.0343 e. The molecule has 2 rings (SSSR count). The second kappa shape index (κ2) is 6.51. The number of nitrogens with one attached hydrogen (secondary N) is 1. The molecule has 0 atom stereocenters. The normalized spacial score (nSPS) is 8.88. The summed E-state index contributed by atoms with van der Waals surface area (Å²) in [5.41, 5.74) is 8.69. The maximum absolute atomic E-state index is 5.52. The van der Waals surface area contributed by atoms with Gasteiger partial charge in [0.05, 0.1) is 0 Å². The van der Waals surface area contributed by atoms with E-state index in [1.165, 1.54) is 0 Å². The van der Waals surface area contributed by atoms with Gasteiger partial charge >= 0.3 is 0 Å². The first-order valence-corrected chi connectivity index (χ1v) is 5.28. The molecule has 0 radical (unpaired) electrons. The van der Waals surface area contributed by atoms with Gasteiger partial charge in [-0.3, -0.25) is 0 Å². The van der Waals surface area contributed by atoms with Gasteiger partial charge in [-0.15, -0.1) is 0 Å². The number of hydrogen-bond donors (Lipinski definition) is 2. The minimum Gasteiger partial charge on any atom is -0.399 e. The summed E-state index contributed by atoms with van der Waals surface area (Å²) in [4.78, 5) is 0. The Labute approximate surface area is 97.1 Å². The Hall–Kier alpha value is -1.96. The standard InChI is InChI=1S/2C7H9N/c1-8-7-5-3-2-4-6-7;1-6-4-2-3-5-7(6)8/h2-6,8H,1H3;2-5H,8H2,1H3. The molecule has 0 aliphatic carbocycles. The summed E-state index contributed by atoms with van der Waals surface area (Å²) in [5, 5.41) is 3.03. The Kier molecular flexibility index (Phi) is 4.93. The van der Waals surface area contributed by atoms with Crippen LogP contribution < -0.4 is 11.1 Å². The van der Waals surface area contributed by atoms with E-state index < -0.39 is 0 Å². The number of para-hydroxylation sites is 2. The highest BCUT2D eigenvalue weighted by Crippen LogP contribution is 2.06. The van der Waals surface area contributed by atoms with Gasteiger partial charge in [0, 0.05) is 18.4 Å². The average molecular weight is 214 g/mol. The van der Waals surface area contributed by atoms with Crippen LogP contribution in [0.4, 0.5) is 11.4 Å². The lowest BCUT2D eigenvalue weighted by Gasteiger charge is -1.94. The van der Waals surface area contributed by atoms with Gasteiger partial charge in [-0.2, -0.15) is 0 Å². The maximum atomic E-state index is 5.52. The summed E-state index contributed by atoms with van der Waals surface area (Å²) in [6.45, 7) is 2.00. The van der Waals surface area contributed by atoms with Crippen molar-refractivity contribution in [2.75, 3.05) is 18.1 Å². The van der Waals surface area contributed by atoms with E-state index in [1.54, 1.807) is 0 Å². The van der Waals surface area contributed by atoms with E-state index >= 15 is 0 Å². The van der Waals surface area contributed by atoms with Crippen molar-refractivity contribution in [2.45, 2.75) is 6.92 Å². The zero-order valence-electron chi connectivity index (χ0n) is 9.77. The summed E-state index contributed by atoms with van der Waals surface area (Å²) in [7, 11) is 1.91. The van der Waals surface area contributed by atoms with E-state index in [9.17, 15) is 0 Å². The van der Waals surface area contributed by atoms with Crippen molar-refractivity contribution in [2.24, 2.45) is 0 Å². The van der Waals surface area contributed by atoms with Gasteiger partial charge in [0.25, 0.3) is 0 Å². The number of hydrogen-bond acceptors (Lipinski definition) is 2. The molecule has 0 fully saturated rings. The summed E-state index contributed by atoms with van der Waals surface area (Å²) in [6, 6.07) is 17.9. The van der Waals surface area contributed by atoms with Crippen LogP contribution in [0.15, 0.2) is 54.6 Å². The number of benzene rings is 2. The van der Waals surface area contributed by atoms with Crippen LogP contribution in [0.25, 0.3) is 0 Å². The van der Waals surface area contributed by atoms with Crippen molar-refractivity contribution in [3.63, 3.8) is 0 Å². The Morgan fingerprint density at radius 1 is 0.875 bits per heavy atom. The Balaban J connectivity index is 0.000000160. The Bertz CT molecular complexity index is 389. The van der Waals surface area contributed by atoms with Gasteiger partial charge in [0.15, 0.2) is 0 Å². The molecular weight excluding hydrogens is 196 g/mol. The highest BCUT2D eigenvalue weighted by molar-refractivity contribution is 5.45. The third-order valence-corrected chi connectivity index (χ3v) is 2.25. The number of anilines is 2. The lowest BCUT2D eigenvalue weighted by molar-refractivity contribution is 1.47. The first kappa shape index (κ1) is 12.1. The van der Waals surface area contributed by atoms with Crippen molar-refractivity contribution < 1.29 is 0 Å². The van der Waals surface area contributed by atoms with E-state index in [1.807, 2.05) is 68.6 Å². The first-order valence-electron chi connectivity index (χ1n) is 5.28. The van der Waals surface area contributed by atoms with Crippen LogP contribution >= 0.6 is 0 Å². The molecule has 84 valence electrons. The van der Waals surface area contributed by atoms with Crippen LogP contribution in [-0.2, 0) is 0 Å². The van der Waals surface area contributed by atoms with Gasteiger partial charge < -0.3 is 11.1 Å². The second-order valence-electron chi connectivity index (χ2n) is 3.47. The summed E-state index contributed by atoms with van der Waals surface area (Å²) >= 11 is 0. The minimum absolute atomic E-state index is 0.868.